The molecule has 1 aliphatic rings. The molecule has 0 bridgehead atoms. The molecule has 0 saturated carbocycles. The number of fused-ring (bicyclic) bond motifs is 1. The number of aromatic hydroxyl groups is 1. The predicted octanol–water partition coefficient (Wildman–Crippen LogP) is 2.59. The summed E-state index contributed by atoms with van der Waals surface area (Å²) in [6.07, 6.45) is 2.97. The van der Waals surface area contributed by atoms with Crippen LogP contribution in [0.15, 0.2) is 27.4 Å². The van der Waals surface area contributed by atoms with Crippen molar-refractivity contribution in [1.29, 1.82) is 0 Å². The van der Waals surface area contributed by atoms with Gasteiger partial charge in [0.2, 0.25) is 6.29 Å². The second kappa shape index (κ2) is 13.8. The van der Waals surface area contributed by atoms with Crippen LogP contribution in [0, 0.1) is 0 Å². The minimum atomic E-state index is -1.74. The Hall–Kier alpha value is -2.37. The average molecular weight is 511 g/mol. The van der Waals surface area contributed by atoms with Gasteiger partial charge in [-0.2, -0.15) is 0 Å². The van der Waals surface area contributed by atoms with Crippen LogP contribution in [0.5, 0.6) is 17.2 Å². The maximum atomic E-state index is 12.5. The summed E-state index contributed by atoms with van der Waals surface area (Å²) in [7, 11) is 0. The van der Waals surface area contributed by atoms with Crippen molar-refractivity contribution < 1.29 is 44.2 Å². The van der Waals surface area contributed by atoms with Gasteiger partial charge in [-0.25, -0.2) is 4.79 Å². The highest BCUT2D eigenvalue weighted by molar-refractivity contribution is 5.86. The van der Waals surface area contributed by atoms with Crippen molar-refractivity contribution in [3.05, 3.63) is 28.6 Å². The Kier molecular flexibility index (Phi) is 10.8. The number of ether oxygens (including phenoxy) is 3. The van der Waals surface area contributed by atoms with E-state index < -0.39 is 54.4 Å². The average Bonchev–Trinajstić information content (AvgIpc) is 2.87. The number of unbranched alkanes of at least 4 members (excludes halogenated alkanes) is 8. The monoisotopic (exact) mass is 510 g/mol. The molecule has 1 saturated heterocycles. The van der Waals surface area contributed by atoms with Crippen LogP contribution in [0.1, 0.15) is 64.7 Å². The van der Waals surface area contributed by atoms with E-state index in [9.17, 15) is 30.3 Å². The van der Waals surface area contributed by atoms with Crippen LogP contribution in [0.25, 0.3) is 11.0 Å². The molecule has 36 heavy (non-hydrogen) atoms. The van der Waals surface area contributed by atoms with E-state index in [2.05, 4.69) is 6.92 Å². The molecule has 3 rings (SSSR count). The number of hydrogen-bond donors (Lipinski definition) is 5. The van der Waals surface area contributed by atoms with Crippen LogP contribution < -0.4 is 15.1 Å². The first-order chi connectivity index (χ1) is 17.4. The molecule has 2 heterocycles. The van der Waals surface area contributed by atoms with Crippen molar-refractivity contribution >= 4 is 11.0 Å². The maximum absolute atomic E-state index is 12.5. The van der Waals surface area contributed by atoms with Gasteiger partial charge < -0.3 is 44.2 Å². The molecule has 1 aromatic heterocycles. The second-order valence-electron chi connectivity index (χ2n) is 9.22. The minimum Gasteiger partial charge on any atom is -0.504 e. The Labute approximate surface area is 210 Å². The minimum absolute atomic E-state index is 0.0863. The van der Waals surface area contributed by atoms with E-state index in [4.69, 9.17) is 18.6 Å². The molecule has 1 fully saturated rings. The zero-order valence-electron chi connectivity index (χ0n) is 20.7. The first-order valence-corrected chi connectivity index (χ1v) is 12.8. The van der Waals surface area contributed by atoms with Gasteiger partial charge in [-0.15, -0.1) is 0 Å². The molecule has 1 aromatic carbocycles. The lowest BCUT2D eigenvalue weighted by Gasteiger charge is -2.39. The third kappa shape index (κ3) is 7.10. The first kappa shape index (κ1) is 28.2. The van der Waals surface area contributed by atoms with E-state index in [1.807, 2.05) is 0 Å². The van der Waals surface area contributed by atoms with E-state index in [0.717, 1.165) is 12.8 Å². The van der Waals surface area contributed by atoms with E-state index in [0.29, 0.717) is 12.4 Å². The summed E-state index contributed by atoms with van der Waals surface area (Å²) in [5, 5.41) is 50.0. The van der Waals surface area contributed by atoms with Crippen LogP contribution in [-0.4, -0.2) is 69.5 Å². The van der Waals surface area contributed by atoms with Crippen LogP contribution in [0.3, 0.4) is 0 Å². The van der Waals surface area contributed by atoms with Gasteiger partial charge in [0, 0.05) is 6.07 Å². The molecule has 0 spiro atoms. The zero-order chi connectivity index (χ0) is 26.1. The standard InChI is InChI=1S/C26H38O10/c1-2-3-4-5-6-7-8-9-10-13-33-16-11-12-17-18(14-16)34-25(32)24(20(17)28)36-26-23(31)22(30)21(29)19(15-27)35-26/h11-12,14,19,21-23,26-31H,2-10,13,15H2,1H3/t19-,21-,22+,23+,26-/m1/s1. The molecule has 10 nitrogen and oxygen atoms in total. The SMILES string of the molecule is CCCCCCCCCCCOc1ccc2c(O)c(O[C@H]3O[C@H](CO)[C@@H](O)[C@H](O)[C@@H]3O)c(=O)oc2c1. The van der Waals surface area contributed by atoms with Gasteiger partial charge in [0.05, 0.1) is 18.6 Å². The summed E-state index contributed by atoms with van der Waals surface area (Å²) >= 11 is 0. The third-order valence-electron chi connectivity index (χ3n) is 6.41. The molecule has 1 aliphatic heterocycles. The fourth-order valence-electron chi connectivity index (χ4n) is 4.23. The first-order valence-electron chi connectivity index (χ1n) is 12.8. The maximum Gasteiger partial charge on any atom is 0.383 e. The van der Waals surface area contributed by atoms with Gasteiger partial charge in [0.25, 0.3) is 5.75 Å². The third-order valence-corrected chi connectivity index (χ3v) is 6.41. The van der Waals surface area contributed by atoms with E-state index >= 15 is 0 Å². The Bertz CT molecular complexity index is 1000. The summed E-state index contributed by atoms with van der Waals surface area (Å²) in [4.78, 5) is 12.5. The van der Waals surface area contributed by atoms with Gasteiger partial charge in [-0.1, -0.05) is 58.3 Å². The Morgan fingerprint density at radius 3 is 2.25 bits per heavy atom. The van der Waals surface area contributed by atoms with Crippen molar-refractivity contribution in [1.82, 2.24) is 0 Å². The number of rotatable bonds is 14. The van der Waals surface area contributed by atoms with Crippen LogP contribution in [-0.2, 0) is 4.74 Å². The highest BCUT2D eigenvalue weighted by Gasteiger charge is 2.45. The van der Waals surface area contributed by atoms with Gasteiger partial charge >= 0.3 is 5.63 Å². The molecular weight excluding hydrogens is 472 g/mol. The van der Waals surface area contributed by atoms with Crippen molar-refractivity contribution in [2.45, 2.75) is 95.4 Å². The topological polar surface area (TPSA) is 159 Å². The summed E-state index contributed by atoms with van der Waals surface area (Å²) in [6, 6.07) is 4.65. The molecule has 0 unspecified atom stereocenters. The Morgan fingerprint density at radius 1 is 0.917 bits per heavy atom. The van der Waals surface area contributed by atoms with E-state index in [1.54, 1.807) is 6.07 Å². The number of benzene rings is 1. The lowest BCUT2D eigenvalue weighted by Crippen LogP contribution is -2.60. The van der Waals surface area contributed by atoms with Crippen LogP contribution in [0.4, 0.5) is 0 Å². The van der Waals surface area contributed by atoms with Gasteiger partial charge in [-0.3, -0.25) is 0 Å². The lowest BCUT2D eigenvalue weighted by atomic mass is 9.99. The molecule has 5 N–H and O–H groups in total. The highest BCUT2D eigenvalue weighted by atomic mass is 16.7. The lowest BCUT2D eigenvalue weighted by molar-refractivity contribution is -0.278. The fraction of sp³-hybridized carbons (Fsp3) is 0.654. The fourth-order valence-corrected chi connectivity index (χ4v) is 4.23. The highest BCUT2D eigenvalue weighted by Crippen LogP contribution is 2.35. The van der Waals surface area contributed by atoms with Gasteiger partial charge in [0.15, 0.2) is 5.75 Å². The van der Waals surface area contributed by atoms with E-state index in [1.165, 1.54) is 57.1 Å². The normalized spacial score (nSPS) is 24.2. The van der Waals surface area contributed by atoms with Crippen LogP contribution >= 0.6 is 0 Å². The summed E-state index contributed by atoms with van der Waals surface area (Å²) in [6.45, 7) is 2.08. The molecule has 5 atom stereocenters. The molecule has 2 aromatic rings. The van der Waals surface area contributed by atoms with Gasteiger partial charge in [0.1, 0.15) is 35.7 Å². The molecule has 202 valence electrons. The number of hydrogen-bond acceptors (Lipinski definition) is 10. The van der Waals surface area contributed by atoms with Crippen molar-refractivity contribution in [3.63, 3.8) is 0 Å². The van der Waals surface area contributed by atoms with Crippen LogP contribution in [0.2, 0.25) is 0 Å². The van der Waals surface area contributed by atoms with Crippen molar-refractivity contribution in [2.24, 2.45) is 0 Å². The molecule has 10 heteroatoms. The quantitative estimate of drug-likeness (QED) is 0.189. The number of aliphatic hydroxyl groups is 4. The summed E-state index contributed by atoms with van der Waals surface area (Å²) < 4.78 is 21.6. The zero-order valence-corrected chi connectivity index (χ0v) is 20.7. The molecule has 0 radical (unpaired) electrons. The molecule has 0 amide bonds. The van der Waals surface area contributed by atoms with E-state index in [-0.39, 0.29) is 11.0 Å². The molecular formula is C26H38O10. The van der Waals surface area contributed by atoms with Crippen molar-refractivity contribution in [3.8, 4) is 17.2 Å². The summed E-state index contributed by atoms with van der Waals surface area (Å²) in [5.41, 5.74) is -0.948. The Morgan fingerprint density at radius 2 is 1.58 bits per heavy atom. The smallest absolute Gasteiger partial charge is 0.383 e. The van der Waals surface area contributed by atoms with Crippen molar-refractivity contribution in [2.75, 3.05) is 13.2 Å². The number of aliphatic hydroxyl groups excluding tert-OH is 4. The van der Waals surface area contributed by atoms with Gasteiger partial charge in [-0.05, 0) is 18.6 Å². The Balaban J connectivity index is 1.56. The molecule has 0 aliphatic carbocycles. The largest absolute Gasteiger partial charge is 0.504 e. The summed E-state index contributed by atoms with van der Waals surface area (Å²) in [5.74, 6) is -0.675. The predicted molar refractivity (Wildman–Crippen MR) is 131 cm³/mol. The second-order valence-corrected chi connectivity index (χ2v) is 9.22.